The van der Waals surface area contributed by atoms with Crippen LogP contribution in [0.1, 0.15) is 37.4 Å². The Morgan fingerprint density at radius 1 is 1.50 bits per heavy atom. The summed E-state index contributed by atoms with van der Waals surface area (Å²) in [6.07, 6.45) is 2.99. The van der Waals surface area contributed by atoms with Crippen LogP contribution in [0, 0.1) is 18.3 Å². The molecule has 0 saturated carbocycles. The molecular weight excluding hydrogens is 228 g/mol. The van der Waals surface area contributed by atoms with E-state index in [1.54, 1.807) is 11.6 Å². The van der Waals surface area contributed by atoms with Crippen molar-refractivity contribution in [3.05, 3.63) is 11.3 Å². The first-order valence-corrected chi connectivity index (χ1v) is 6.27. The predicted octanol–water partition coefficient (Wildman–Crippen LogP) is 1.55. The van der Waals surface area contributed by atoms with Gasteiger partial charge in [0.1, 0.15) is 17.5 Å². The highest BCUT2D eigenvalue weighted by atomic mass is 16.1. The number of hydrogen-bond acceptors (Lipinski definition) is 4. The number of rotatable bonds is 2. The maximum absolute atomic E-state index is 11.7. The summed E-state index contributed by atoms with van der Waals surface area (Å²) in [5.41, 5.74) is 1.31. The number of carbonyl (C=O) groups is 1. The predicted molar refractivity (Wildman–Crippen MR) is 68.3 cm³/mol. The Balaban J connectivity index is 2.46. The number of aryl methyl sites for hydroxylation is 2. The van der Waals surface area contributed by atoms with Gasteiger partial charge in [0.2, 0.25) is 0 Å². The highest BCUT2D eigenvalue weighted by Gasteiger charge is 2.30. The van der Waals surface area contributed by atoms with Gasteiger partial charge in [-0.3, -0.25) is 9.48 Å². The van der Waals surface area contributed by atoms with Gasteiger partial charge in [0.15, 0.2) is 5.78 Å². The van der Waals surface area contributed by atoms with Crippen molar-refractivity contribution in [3.8, 4) is 6.07 Å². The fraction of sp³-hybridized carbons (Fsp3) is 0.615. The number of piperidine rings is 1. The number of nitrogens with zero attached hydrogens (tertiary/aromatic N) is 4. The van der Waals surface area contributed by atoms with Crippen molar-refractivity contribution in [2.24, 2.45) is 7.05 Å². The molecule has 0 bridgehead atoms. The molecular formula is C13H18N4O. The second-order valence-electron chi connectivity index (χ2n) is 4.84. The van der Waals surface area contributed by atoms with Crippen LogP contribution < -0.4 is 4.90 Å². The third-order valence-corrected chi connectivity index (χ3v) is 3.55. The molecule has 1 aliphatic rings. The number of aromatic nitrogens is 2. The van der Waals surface area contributed by atoms with Gasteiger partial charge in [-0.05, 0) is 33.1 Å². The van der Waals surface area contributed by atoms with Gasteiger partial charge >= 0.3 is 0 Å². The molecule has 1 aromatic rings. The van der Waals surface area contributed by atoms with Crippen molar-refractivity contribution in [2.45, 2.75) is 39.2 Å². The SMILES string of the molecule is CC(=O)C1CCCCN1c1c(C#N)c(C)nn1C. The molecule has 0 radical (unpaired) electrons. The van der Waals surface area contributed by atoms with Crippen molar-refractivity contribution in [2.75, 3.05) is 11.4 Å². The maximum atomic E-state index is 11.7. The Morgan fingerprint density at radius 2 is 2.22 bits per heavy atom. The molecule has 0 aliphatic carbocycles. The van der Waals surface area contributed by atoms with E-state index < -0.39 is 0 Å². The molecule has 1 aliphatic heterocycles. The summed E-state index contributed by atoms with van der Waals surface area (Å²) in [6.45, 7) is 4.27. The topological polar surface area (TPSA) is 61.9 Å². The Kier molecular flexibility index (Phi) is 3.37. The number of carbonyl (C=O) groups excluding carboxylic acids is 1. The normalized spacial score (nSPS) is 19.7. The third-order valence-electron chi connectivity index (χ3n) is 3.55. The first-order chi connectivity index (χ1) is 8.56. The Labute approximate surface area is 107 Å². The number of anilines is 1. The molecule has 1 fully saturated rings. The Bertz CT molecular complexity index is 512. The molecule has 0 spiro atoms. The summed E-state index contributed by atoms with van der Waals surface area (Å²) >= 11 is 0. The minimum absolute atomic E-state index is 0.111. The molecule has 1 aromatic heterocycles. The maximum Gasteiger partial charge on any atom is 0.152 e. The molecule has 1 unspecified atom stereocenters. The van der Waals surface area contributed by atoms with Crippen molar-refractivity contribution in [1.82, 2.24) is 9.78 Å². The monoisotopic (exact) mass is 246 g/mol. The van der Waals surface area contributed by atoms with Gasteiger partial charge in [0, 0.05) is 13.6 Å². The molecule has 1 saturated heterocycles. The van der Waals surface area contributed by atoms with E-state index in [-0.39, 0.29) is 11.8 Å². The molecule has 2 heterocycles. The summed E-state index contributed by atoms with van der Waals surface area (Å²) in [7, 11) is 1.83. The van der Waals surface area contributed by atoms with Crippen LogP contribution in [0.4, 0.5) is 5.82 Å². The lowest BCUT2D eigenvalue weighted by molar-refractivity contribution is -0.118. The second-order valence-corrected chi connectivity index (χ2v) is 4.84. The average molecular weight is 246 g/mol. The van der Waals surface area contributed by atoms with Gasteiger partial charge in [0.25, 0.3) is 0 Å². The summed E-state index contributed by atoms with van der Waals surface area (Å²) in [5, 5.41) is 13.5. The number of hydrogen-bond donors (Lipinski definition) is 0. The quantitative estimate of drug-likeness (QED) is 0.794. The highest BCUT2D eigenvalue weighted by Crippen LogP contribution is 2.29. The minimum atomic E-state index is -0.111. The highest BCUT2D eigenvalue weighted by molar-refractivity contribution is 5.85. The lowest BCUT2D eigenvalue weighted by Crippen LogP contribution is -2.45. The Hall–Kier alpha value is -1.83. The summed E-state index contributed by atoms with van der Waals surface area (Å²) in [5.74, 6) is 0.951. The van der Waals surface area contributed by atoms with Crippen LogP contribution in [0.3, 0.4) is 0 Å². The van der Waals surface area contributed by atoms with Crippen LogP contribution in [-0.2, 0) is 11.8 Å². The van der Waals surface area contributed by atoms with E-state index in [1.165, 1.54) is 0 Å². The zero-order valence-electron chi connectivity index (χ0n) is 11.1. The fourth-order valence-corrected chi connectivity index (χ4v) is 2.71. The lowest BCUT2D eigenvalue weighted by Gasteiger charge is -2.35. The molecule has 5 nitrogen and oxygen atoms in total. The lowest BCUT2D eigenvalue weighted by atomic mass is 9.98. The third kappa shape index (κ3) is 1.99. The van der Waals surface area contributed by atoms with E-state index in [0.717, 1.165) is 37.3 Å². The van der Waals surface area contributed by atoms with Crippen molar-refractivity contribution in [1.29, 1.82) is 5.26 Å². The van der Waals surface area contributed by atoms with Crippen molar-refractivity contribution < 1.29 is 4.79 Å². The van der Waals surface area contributed by atoms with E-state index in [2.05, 4.69) is 11.2 Å². The minimum Gasteiger partial charge on any atom is -0.346 e. The van der Waals surface area contributed by atoms with Crippen molar-refractivity contribution in [3.63, 3.8) is 0 Å². The summed E-state index contributed by atoms with van der Waals surface area (Å²) in [4.78, 5) is 13.8. The molecule has 5 heteroatoms. The zero-order chi connectivity index (χ0) is 13.3. The average Bonchev–Trinajstić information content (AvgIpc) is 2.63. The standard InChI is InChI=1S/C13H18N4O/c1-9-11(8-14)13(16(3)15-9)17-7-5-4-6-12(17)10(2)18/h12H,4-7H2,1-3H3. The van der Waals surface area contributed by atoms with Gasteiger partial charge in [-0.15, -0.1) is 0 Å². The molecule has 18 heavy (non-hydrogen) atoms. The van der Waals surface area contributed by atoms with Crippen LogP contribution in [-0.4, -0.2) is 28.2 Å². The molecule has 96 valence electrons. The largest absolute Gasteiger partial charge is 0.346 e. The van der Waals surface area contributed by atoms with Crippen LogP contribution in [0.15, 0.2) is 0 Å². The Morgan fingerprint density at radius 3 is 2.83 bits per heavy atom. The van der Waals surface area contributed by atoms with Crippen LogP contribution in [0.5, 0.6) is 0 Å². The summed E-state index contributed by atoms with van der Waals surface area (Å²) in [6, 6.07) is 2.09. The van der Waals surface area contributed by atoms with Crippen LogP contribution in [0.2, 0.25) is 0 Å². The number of ketones is 1. The van der Waals surface area contributed by atoms with Crippen molar-refractivity contribution >= 4 is 11.6 Å². The molecule has 1 atom stereocenters. The van der Waals surface area contributed by atoms with Gasteiger partial charge in [-0.25, -0.2) is 0 Å². The molecule has 0 N–H and O–H groups in total. The molecule has 0 amide bonds. The first kappa shape index (κ1) is 12.6. The van der Waals surface area contributed by atoms with Crippen LogP contribution in [0.25, 0.3) is 0 Å². The van der Waals surface area contributed by atoms with E-state index in [0.29, 0.717) is 5.56 Å². The van der Waals surface area contributed by atoms with Gasteiger partial charge in [0.05, 0.1) is 11.7 Å². The first-order valence-electron chi connectivity index (χ1n) is 6.27. The molecule has 2 rings (SSSR count). The van der Waals surface area contributed by atoms with E-state index in [4.69, 9.17) is 0 Å². The molecule has 0 aromatic carbocycles. The van der Waals surface area contributed by atoms with Crippen LogP contribution >= 0.6 is 0 Å². The zero-order valence-corrected chi connectivity index (χ0v) is 11.1. The van der Waals surface area contributed by atoms with E-state index >= 15 is 0 Å². The smallest absolute Gasteiger partial charge is 0.152 e. The summed E-state index contributed by atoms with van der Waals surface area (Å²) < 4.78 is 1.72. The fourth-order valence-electron chi connectivity index (χ4n) is 2.71. The van der Waals surface area contributed by atoms with Gasteiger partial charge in [-0.1, -0.05) is 0 Å². The second kappa shape index (κ2) is 4.81. The number of nitriles is 1. The van der Waals surface area contributed by atoms with Gasteiger partial charge < -0.3 is 4.90 Å². The van der Waals surface area contributed by atoms with E-state index in [9.17, 15) is 10.1 Å². The van der Waals surface area contributed by atoms with E-state index in [1.807, 2.05) is 18.9 Å². The van der Waals surface area contributed by atoms with Gasteiger partial charge in [-0.2, -0.15) is 10.4 Å². The number of Topliss-reactive ketones (excluding diaryl/α,β-unsaturated/α-hetero) is 1.